The van der Waals surface area contributed by atoms with E-state index in [9.17, 15) is 0 Å². The first-order valence-electron chi connectivity index (χ1n) is 9.21. The Kier molecular flexibility index (Phi) is 8.68. The molecule has 23 heavy (non-hydrogen) atoms. The minimum absolute atomic E-state index is 0.0151. The van der Waals surface area contributed by atoms with Crippen LogP contribution in [0.4, 0.5) is 0 Å². The Morgan fingerprint density at radius 2 is 1.74 bits per heavy atom. The maximum absolute atomic E-state index is 6.03. The van der Waals surface area contributed by atoms with E-state index < -0.39 is 0 Å². The van der Waals surface area contributed by atoms with Crippen LogP contribution in [0.3, 0.4) is 0 Å². The van der Waals surface area contributed by atoms with E-state index in [2.05, 4.69) is 65.8 Å². The lowest BCUT2D eigenvalue weighted by molar-refractivity contribution is -0.0183. The normalized spacial score (nSPS) is 13.3. The highest BCUT2D eigenvalue weighted by atomic mass is 16.5. The molecule has 1 rings (SSSR count). The zero-order valence-electron chi connectivity index (χ0n) is 16.0. The molecule has 2 nitrogen and oxygen atoms in total. The molecule has 0 saturated carbocycles. The van der Waals surface area contributed by atoms with Crippen molar-refractivity contribution in [1.29, 1.82) is 0 Å². The van der Waals surface area contributed by atoms with Crippen LogP contribution in [0.15, 0.2) is 24.3 Å². The predicted molar refractivity (Wildman–Crippen MR) is 99.4 cm³/mol. The molecule has 1 atom stereocenters. The number of benzene rings is 1. The Bertz CT molecular complexity index is 437. The van der Waals surface area contributed by atoms with Crippen LogP contribution in [0.1, 0.15) is 78.7 Å². The predicted octanol–water partition coefficient (Wildman–Crippen LogP) is 6.20. The van der Waals surface area contributed by atoms with Crippen molar-refractivity contribution in [2.45, 2.75) is 78.7 Å². The van der Waals surface area contributed by atoms with Gasteiger partial charge in [0, 0.05) is 6.61 Å². The molecule has 0 aliphatic heterocycles. The van der Waals surface area contributed by atoms with Crippen molar-refractivity contribution in [2.24, 2.45) is 5.92 Å². The lowest BCUT2D eigenvalue weighted by Crippen LogP contribution is -2.24. The van der Waals surface area contributed by atoms with Crippen LogP contribution >= 0.6 is 0 Å². The monoisotopic (exact) mass is 320 g/mol. The SMILES string of the molecule is CCOC(C)(C)CCCC(C)CCOc1ccccc1C(C)C. The maximum Gasteiger partial charge on any atom is 0.122 e. The number of hydrogen-bond donors (Lipinski definition) is 0. The molecule has 0 radical (unpaired) electrons. The molecule has 132 valence electrons. The zero-order valence-corrected chi connectivity index (χ0v) is 16.0. The van der Waals surface area contributed by atoms with Crippen LogP contribution < -0.4 is 4.74 Å². The van der Waals surface area contributed by atoms with Gasteiger partial charge in [0.05, 0.1) is 12.2 Å². The molecule has 0 aliphatic rings. The highest BCUT2D eigenvalue weighted by Crippen LogP contribution is 2.26. The summed E-state index contributed by atoms with van der Waals surface area (Å²) in [5.74, 6) is 2.25. The highest BCUT2D eigenvalue weighted by Gasteiger charge is 2.17. The van der Waals surface area contributed by atoms with Crippen molar-refractivity contribution in [3.8, 4) is 5.75 Å². The molecule has 0 aromatic heterocycles. The van der Waals surface area contributed by atoms with E-state index in [0.29, 0.717) is 11.8 Å². The van der Waals surface area contributed by atoms with Crippen LogP contribution in [0, 0.1) is 5.92 Å². The molecule has 0 fully saturated rings. The van der Waals surface area contributed by atoms with Gasteiger partial charge in [0.2, 0.25) is 0 Å². The first kappa shape index (κ1) is 20.0. The van der Waals surface area contributed by atoms with Gasteiger partial charge in [-0.3, -0.25) is 0 Å². The topological polar surface area (TPSA) is 18.5 Å². The second-order valence-corrected chi connectivity index (χ2v) is 7.52. The third kappa shape index (κ3) is 7.87. The summed E-state index contributed by atoms with van der Waals surface area (Å²) in [5.41, 5.74) is 1.32. The van der Waals surface area contributed by atoms with Gasteiger partial charge in [-0.1, -0.05) is 51.8 Å². The van der Waals surface area contributed by atoms with Crippen LogP contribution in [0.25, 0.3) is 0 Å². The minimum atomic E-state index is 0.0151. The molecule has 0 saturated heterocycles. The number of ether oxygens (including phenoxy) is 2. The van der Waals surface area contributed by atoms with Gasteiger partial charge >= 0.3 is 0 Å². The Balaban J connectivity index is 2.28. The van der Waals surface area contributed by atoms with E-state index in [4.69, 9.17) is 9.47 Å². The molecule has 1 aromatic carbocycles. The molecule has 0 heterocycles. The van der Waals surface area contributed by atoms with Crippen molar-refractivity contribution >= 4 is 0 Å². The van der Waals surface area contributed by atoms with Crippen LogP contribution in [0.5, 0.6) is 5.75 Å². The highest BCUT2D eigenvalue weighted by molar-refractivity contribution is 5.35. The summed E-state index contributed by atoms with van der Waals surface area (Å²) in [7, 11) is 0. The summed E-state index contributed by atoms with van der Waals surface area (Å²) in [6.07, 6.45) is 4.70. The molecule has 0 bridgehead atoms. The standard InChI is InChI=1S/C21H36O2/c1-7-23-21(5,6)15-10-11-18(4)14-16-22-20-13-9-8-12-19(20)17(2)3/h8-9,12-13,17-18H,7,10-11,14-16H2,1-6H3. The molecule has 0 aliphatic carbocycles. The summed E-state index contributed by atoms with van der Waals surface area (Å²) in [4.78, 5) is 0. The number of rotatable bonds is 11. The lowest BCUT2D eigenvalue weighted by atomic mass is 9.95. The summed E-state index contributed by atoms with van der Waals surface area (Å²) in [5, 5.41) is 0. The van der Waals surface area contributed by atoms with Crippen molar-refractivity contribution in [3.05, 3.63) is 29.8 Å². The average Bonchev–Trinajstić information content (AvgIpc) is 2.47. The fourth-order valence-electron chi connectivity index (χ4n) is 2.94. The second kappa shape index (κ2) is 9.97. The van der Waals surface area contributed by atoms with Crippen molar-refractivity contribution in [2.75, 3.05) is 13.2 Å². The van der Waals surface area contributed by atoms with Crippen molar-refractivity contribution in [1.82, 2.24) is 0 Å². The zero-order chi connectivity index (χ0) is 17.3. The summed E-state index contributed by atoms with van der Waals surface area (Å²) in [6.45, 7) is 14.8. The van der Waals surface area contributed by atoms with E-state index in [1.807, 2.05) is 0 Å². The molecule has 2 heteroatoms. The molecule has 0 spiro atoms. The van der Waals surface area contributed by atoms with E-state index in [1.165, 1.54) is 18.4 Å². The maximum atomic E-state index is 6.03. The largest absolute Gasteiger partial charge is 0.493 e. The Hall–Kier alpha value is -1.02. The Morgan fingerprint density at radius 3 is 2.39 bits per heavy atom. The van der Waals surface area contributed by atoms with Gasteiger partial charge in [-0.15, -0.1) is 0 Å². The molecular formula is C21H36O2. The van der Waals surface area contributed by atoms with Gasteiger partial charge in [0.15, 0.2) is 0 Å². The minimum Gasteiger partial charge on any atom is -0.493 e. The molecule has 1 unspecified atom stereocenters. The van der Waals surface area contributed by atoms with Gasteiger partial charge < -0.3 is 9.47 Å². The second-order valence-electron chi connectivity index (χ2n) is 7.52. The Morgan fingerprint density at radius 1 is 1.04 bits per heavy atom. The molecule has 0 amide bonds. The summed E-state index contributed by atoms with van der Waals surface area (Å²) >= 11 is 0. The van der Waals surface area contributed by atoms with Crippen molar-refractivity contribution < 1.29 is 9.47 Å². The Labute approximate surface area is 143 Å². The van der Waals surface area contributed by atoms with Gasteiger partial charge in [-0.25, -0.2) is 0 Å². The fourth-order valence-corrected chi connectivity index (χ4v) is 2.94. The smallest absolute Gasteiger partial charge is 0.122 e. The van der Waals surface area contributed by atoms with Crippen LogP contribution in [-0.2, 0) is 4.74 Å². The lowest BCUT2D eigenvalue weighted by Gasteiger charge is -2.25. The van der Waals surface area contributed by atoms with Gasteiger partial charge in [-0.2, -0.15) is 0 Å². The average molecular weight is 321 g/mol. The third-order valence-electron chi connectivity index (χ3n) is 4.42. The van der Waals surface area contributed by atoms with Gasteiger partial charge in [-0.05, 0) is 57.1 Å². The van der Waals surface area contributed by atoms with Gasteiger partial charge in [0.25, 0.3) is 0 Å². The van der Waals surface area contributed by atoms with Crippen LogP contribution in [-0.4, -0.2) is 18.8 Å². The van der Waals surface area contributed by atoms with Crippen molar-refractivity contribution in [3.63, 3.8) is 0 Å². The third-order valence-corrected chi connectivity index (χ3v) is 4.42. The fraction of sp³-hybridized carbons (Fsp3) is 0.714. The number of para-hydroxylation sites is 1. The van der Waals surface area contributed by atoms with E-state index in [0.717, 1.165) is 31.8 Å². The molecule has 1 aromatic rings. The first-order valence-corrected chi connectivity index (χ1v) is 9.21. The van der Waals surface area contributed by atoms with E-state index in [-0.39, 0.29) is 5.60 Å². The van der Waals surface area contributed by atoms with Gasteiger partial charge in [0.1, 0.15) is 5.75 Å². The molecule has 0 N–H and O–H groups in total. The van der Waals surface area contributed by atoms with E-state index in [1.54, 1.807) is 0 Å². The quantitative estimate of drug-likeness (QED) is 0.483. The first-order chi connectivity index (χ1) is 10.9. The number of hydrogen-bond acceptors (Lipinski definition) is 2. The summed E-state index contributed by atoms with van der Waals surface area (Å²) < 4.78 is 11.8. The summed E-state index contributed by atoms with van der Waals surface area (Å²) in [6, 6.07) is 8.40. The van der Waals surface area contributed by atoms with E-state index >= 15 is 0 Å². The van der Waals surface area contributed by atoms with Crippen LogP contribution in [0.2, 0.25) is 0 Å². The molecular weight excluding hydrogens is 284 g/mol.